The summed E-state index contributed by atoms with van der Waals surface area (Å²) < 4.78 is 312. The summed E-state index contributed by atoms with van der Waals surface area (Å²) in [6.07, 6.45) is 0. The van der Waals surface area contributed by atoms with Crippen molar-refractivity contribution < 1.29 is 54.1 Å². The number of furan rings is 2. The number of hydrogen-bond donors (Lipinski definition) is 0. The molecule has 0 fully saturated rings. The molecule has 0 aliphatic heterocycles. The van der Waals surface area contributed by atoms with E-state index < -0.39 is 287 Å². The first-order chi connectivity index (χ1) is 39.3. The van der Waals surface area contributed by atoms with E-state index in [1.807, 2.05) is 0 Å². The molecule has 11 rings (SSSR count). The van der Waals surface area contributed by atoms with Gasteiger partial charge in [0, 0.05) is 52.3 Å². The quantitative estimate of drug-likeness (QED) is 0.183. The van der Waals surface area contributed by atoms with Crippen LogP contribution in [-0.2, 0) is 5.41 Å². The molecule has 0 bridgehead atoms. The minimum absolute atomic E-state index is 0.324. The van der Waals surface area contributed by atoms with Crippen LogP contribution in [0.5, 0.6) is 0 Å². The fraction of sp³-hybridized carbons (Fsp3) is 0.0612. The molecule has 8 aromatic carbocycles. The fourth-order valence-corrected chi connectivity index (χ4v) is 6.42. The molecular formula is C49H33NO2. The Hall–Kier alpha value is -6.58. The Labute approximate surface area is 347 Å². The SMILES string of the molecule is [2H]c1c([2H])c([2H])c(-c2c([2H])c3c(oc4c([2H])c(N(c5c([2H])c([2H])c6c(c5[2H])C(C([2H])([2H])[2H])(C([2H])([2H])[2H])c5c([2H])c([2H])c([2H])c([2H])c5-6)c5c([2H])c([2H])c([2H])c6c5oc5c([2H])c([2H])c([2H])c([2H])c56)c([2H])c([2H])c43)c3c([2H])c([2H])c([2H])c([2H])c23)c([2H])c1[2H]. The monoisotopic (exact) mass is 700 g/mol. The van der Waals surface area contributed by atoms with Crippen LogP contribution in [0.1, 0.15) is 70.1 Å². The van der Waals surface area contributed by atoms with E-state index in [0.717, 1.165) is 0 Å². The fourth-order valence-electron chi connectivity index (χ4n) is 6.42. The van der Waals surface area contributed by atoms with E-state index in [9.17, 15) is 12.3 Å². The largest absolute Gasteiger partial charge is 0.455 e. The molecule has 0 spiro atoms. The lowest BCUT2D eigenvalue weighted by Crippen LogP contribution is -2.16. The molecule has 0 saturated heterocycles. The highest BCUT2D eigenvalue weighted by molar-refractivity contribution is 6.19. The Morgan fingerprint density at radius 2 is 1.12 bits per heavy atom. The number of rotatable bonds is 4. The Balaban J connectivity index is 1.41. The average Bonchev–Trinajstić information content (AvgIpc) is 1.54. The van der Waals surface area contributed by atoms with Crippen LogP contribution in [0.25, 0.3) is 76.9 Å². The van der Waals surface area contributed by atoms with Gasteiger partial charge in [0.05, 0.1) is 48.4 Å². The molecule has 10 aromatic rings. The molecule has 0 amide bonds. The molecule has 2 heterocycles. The maximum atomic E-state index is 10.2. The van der Waals surface area contributed by atoms with Crippen LogP contribution in [-0.4, -0.2) is 0 Å². The van der Waals surface area contributed by atoms with Gasteiger partial charge in [-0.05, 0) is 81.1 Å². The average molecular weight is 701 g/mol. The van der Waals surface area contributed by atoms with E-state index in [2.05, 4.69) is 0 Å². The first kappa shape index (κ1) is 11.5. The van der Waals surface area contributed by atoms with Crippen molar-refractivity contribution in [3.8, 4) is 22.3 Å². The predicted octanol–water partition coefficient (Wildman–Crippen LogP) is 14.1. The normalized spacial score (nSPS) is 22.8. The summed E-state index contributed by atoms with van der Waals surface area (Å²) in [5.74, 6) is 0. The topological polar surface area (TPSA) is 29.5 Å². The van der Waals surface area contributed by atoms with E-state index in [1.54, 1.807) is 0 Å². The van der Waals surface area contributed by atoms with Crippen LogP contribution in [0, 0.1) is 0 Å². The molecule has 3 nitrogen and oxygen atoms in total. The lowest BCUT2D eigenvalue weighted by molar-refractivity contribution is 0.660. The first-order valence-corrected chi connectivity index (χ1v) is 15.2. The van der Waals surface area contributed by atoms with Crippen LogP contribution in [0.2, 0.25) is 0 Å². The predicted molar refractivity (Wildman–Crippen MR) is 216 cm³/mol. The van der Waals surface area contributed by atoms with E-state index in [4.69, 9.17) is 41.7 Å². The first-order valence-electron chi connectivity index (χ1n) is 31.7. The Kier molecular flexibility index (Phi) is 2.36. The van der Waals surface area contributed by atoms with Gasteiger partial charge in [0.1, 0.15) is 16.7 Å². The van der Waals surface area contributed by atoms with Crippen LogP contribution in [0.15, 0.2) is 172 Å². The lowest BCUT2D eigenvalue weighted by Gasteiger charge is -2.28. The zero-order valence-corrected chi connectivity index (χ0v) is 25.8. The van der Waals surface area contributed by atoms with Gasteiger partial charge in [-0.2, -0.15) is 0 Å². The van der Waals surface area contributed by atoms with Crippen molar-refractivity contribution >= 4 is 71.7 Å². The number of anilines is 3. The van der Waals surface area contributed by atoms with Crippen molar-refractivity contribution in [2.75, 3.05) is 4.90 Å². The number of benzene rings is 8. The minimum Gasteiger partial charge on any atom is -0.455 e. The smallest absolute Gasteiger partial charge is 0.159 e. The molecular weight excluding hydrogens is 635 g/mol. The zero-order valence-electron chi connectivity index (χ0n) is 58.8. The second-order valence-electron chi connectivity index (χ2n) is 11.5. The third-order valence-corrected chi connectivity index (χ3v) is 8.69. The van der Waals surface area contributed by atoms with Crippen LogP contribution in [0.3, 0.4) is 0 Å². The lowest BCUT2D eigenvalue weighted by atomic mass is 9.82. The summed E-state index contributed by atoms with van der Waals surface area (Å²) in [6.45, 7) is -8.03. The number of hydrogen-bond acceptors (Lipinski definition) is 3. The molecule has 0 atom stereocenters. The molecule has 52 heavy (non-hydrogen) atoms. The Morgan fingerprint density at radius 1 is 0.462 bits per heavy atom. The molecule has 0 N–H and O–H groups in total. The number of para-hydroxylation sites is 2. The third-order valence-electron chi connectivity index (χ3n) is 8.69. The van der Waals surface area contributed by atoms with E-state index in [1.165, 1.54) is 0 Å². The molecule has 1 aliphatic rings. The van der Waals surface area contributed by atoms with Crippen molar-refractivity contribution in [3.05, 3.63) is 174 Å². The van der Waals surface area contributed by atoms with Gasteiger partial charge in [0.25, 0.3) is 0 Å². The van der Waals surface area contributed by atoms with Crippen molar-refractivity contribution in [3.63, 3.8) is 0 Å². The highest BCUT2D eigenvalue weighted by atomic mass is 16.3. The van der Waals surface area contributed by atoms with Gasteiger partial charge >= 0.3 is 0 Å². The van der Waals surface area contributed by atoms with Crippen molar-refractivity contribution in [1.29, 1.82) is 0 Å². The molecule has 246 valence electrons. The summed E-state index contributed by atoms with van der Waals surface area (Å²) in [4.78, 5) is 0.324. The Morgan fingerprint density at radius 3 is 2.00 bits per heavy atom. The van der Waals surface area contributed by atoms with Crippen LogP contribution in [0.4, 0.5) is 17.1 Å². The third kappa shape index (κ3) is 4.08. The highest BCUT2D eigenvalue weighted by Gasteiger charge is 2.36. The number of nitrogens with zero attached hydrogens (tertiary/aromatic N) is 1. The second-order valence-corrected chi connectivity index (χ2v) is 11.5. The van der Waals surface area contributed by atoms with Gasteiger partial charge in [0.15, 0.2) is 5.58 Å². The van der Waals surface area contributed by atoms with Crippen molar-refractivity contribution in [1.82, 2.24) is 0 Å². The molecule has 3 heteroatoms. The maximum Gasteiger partial charge on any atom is 0.159 e. The molecule has 1 aliphatic carbocycles. The molecule has 0 radical (unpaired) electrons. The maximum absolute atomic E-state index is 10.2. The summed E-state index contributed by atoms with van der Waals surface area (Å²) in [6, 6.07) is -28.8. The summed E-state index contributed by atoms with van der Waals surface area (Å²) in [7, 11) is 0. The molecule has 0 unspecified atom stereocenters. The number of fused-ring (bicyclic) bond motifs is 11. The van der Waals surface area contributed by atoms with Gasteiger partial charge in [-0.25, -0.2) is 0 Å². The second kappa shape index (κ2) is 10.7. The Bertz CT molecular complexity index is 4800. The van der Waals surface area contributed by atoms with E-state index >= 15 is 0 Å². The zero-order chi connectivity index (χ0) is 63.0. The van der Waals surface area contributed by atoms with Gasteiger partial charge in [0.2, 0.25) is 0 Å². The van der Waals surface area contributed by atoms with Gasteiger partial charge in [-0.15, -0.1) is 0 Å². The summed E-state index contributed by atoms with van der Waals surface area (Å²) >= 11 is 0. The van der Waals surface area contributed by atoms with E-state index in [-0.39, 0.29) is 0 Å². The summed E-state index contributed by atoms with van der Waals surface area (Å²) in [5, 5.41) is -4.09. The van der Waals surface area contributed by atoms with Crippen LogP contribution < -0.4 is 4.90 Å². The van der Waals surface area contributed by atoms with Gasteiger partial charge in [-0.3, -0.25) is 0 Å². The summed E-state index contributed by atoms with van der Waals surface area (Å²) in [5.41, 5.74) is -16.7. The minimum atomic E-state index is -4.02. The van der Waals surface area contributed by atoms with E-state index in [0.29, 0.717) is 4.90 Å². The van der Waals surface area contributed by atoms with Gasteiger partial charge < -0.3 is 13.7 Å². The highest BCUT2D eigenvalue weighted by Crippen LogP contribution is 2.52. The molecule has 0 saturated carbocycles. The van der Waals surface area contributed by atoms with Crippen LogP contribution >= 0.6 is 0 Å². The molecule has 2 aromatic heterocycles. The van der Waals surface area contributed by atoms with Gasteiger partial charge in [-0.1, -0.05) is 129 Å². The standard InChI is InChI=1S/C49H33NO2/c1-49(2)42-20-10-8-16-34(42)35-25-23-31(27-43(35)49)50(44-21-12-19-39-36-17-9-11-22-45(36)51-48(39)44)32-24-26-37-41-29-40(30-13-4-3-5-14-30)33-15-6-7-18-38(33)47(41)52-46(37)28-32/h3-29H,1-2H3/i1D3,2D3,3D,4D,5D,6D,7D,8D,9D,10D,11D,12D,13D,14D,15D,16D,17D,18D,19D,20D,21D,22D,23D,24D,25D,26D,27D,28D,29D. The van der Waals surface area contributed by atoms with Crippen molar-refractivity contribution in [2.45, 2.75) is 19.1 Å². The van der Waals surface area contributed by atoms with Crippen molar-refractivity contribution in [2.24, 2.45) is 0 Å².